The van der Waals surface area contributed by atoms with Gasteiger partial charge in [0.05, 0.1) is 40.8 Å². The van der Waals surface area contributed by atoms with Crippen molar-refractivity contribution in [1.82, 2.24) is 4.57 Å². The number of hydrogen-bond donors (Lipinski definition) is 1. The molecule has 0 saturated heterocycles. The van der Waals surface area contributed by atoms with Crippen LogP contribution in [0.15, 0.2) is 46.8 Å². The van der Waals surface area contributed by atoms with Crippen LogP contribution >= 0.6 is 34.5 Å². The highest BCUT2D eigenvalue weighted by atomic mass is 35.5. The summed E-state index contributed by atoms with van der Waals surface area (Å²) in [6, 6.07) is 7.81. The summed E-state index contributed by atoms with van der Waals surface area (Å²) in [5.74, 6) is -5.40. The average molecular weight is 553 g/mol. The minimum Gasteiger partial charge on any atom is -0.466 e. The monoisotopic (exact) mass is 552 g/mol. The van der Waals surface area contributed by atoms with E-state index >= 15 is 4.39 Å². The van der Waals surface area contributed by atoms with E-state index in [-0.39, 0.29) is 35.9 Å². The summed E-state index contributed by atoms with van der Waals surface area (Å²) in [6.45, 7) is 0. The fraction of sp³-hybridized carbons (Fsp3) is 0.125. The molecule has 36 heavy (non-hydrogen) atoms. The Morgan fingerprint density at radius 3 is 2.17 bits per heavy atom. The van der Waals surface area contributed by atoms with Crippen molar-refractivity contribution in [3.8, 4) is 0 Å². The van der Waals surface area contributed by atoms with E-state index in [9.17, 15) is 18.8 Å². The average Bonchev–Trinajstić information content (AvgIpc) is 3.16. The van der Waals surface area contributed by atoms with Crippen LogP contribution in [0.1, 0.15) is 17.0 Å². The molecule has 0 amide bonds. The Labute approximate surface area is 216 Å². The molecule has 1 aromatic heterocycles. The lowest BCUT2D eigenvalue weighted by Gasteiger charge is -2.27. The molecule has 0 fully saturated rings. The molecular formula is C24H16Cl2F2N2O5S. The van der Waals surface area contributed by atoms with Crippen molar-refractivity contribution in [1.29, 1.82) is 0 Å². The van der Waals surface area contributed by atoms with E-state index in [1.54, 1.807) is 0 Å². The number of esters is 2. The van der Waals surface area contributed by atoms with Crippen LogP contribution in [0.5, 0.6) is 0 Å². The zero-order valence-corrected chi connectivity index (χ0v) is 20.9. The molecule has 2 N–H and O–H groups in total. The Balaban J connectivity index is 2.21. The van der Waals surface area contributed by atoms with Crippen molar-refractivity contribution in [3.63, 3.8) is 0 Å². The lowest BCUT2D eigenvalue weighted by Crippen LogP contribution is -2.42. The maximum absolute atomic E-state index is 15.1. The number of hydrogen-bond acceptors (Lipinski definition) is 7. The second-order valence-electron chi connectivity index (χ2n) is 7.46. The highest BCUT2D eigenvalue weighted by Crippen LogP contribution is 2.41. The fourth-order valence-corrected chi connectivity index (χ4v) is 5.56. The number of carbonyl (C=O) groups is 2. The van der Waals surface area contributed by atoms with Crippen molar-refractivity contribution in [2.75, 3.05) is 14.2 Å². The molecule has 1 atom stereocenters. The van der Waals surface area contributed by atoms with Crippen LogP contribution in [0.25, 0.3) is 17.5 Å². The molecule has 2 heterocycles. The third-order valence-electron chi connectivity index (χ3n) is 5.52. The van der Waals surface area contributed by atoms with Gasteiger partial charge in [0.25, 0.3) is 5.56 Å². The molecule has 0 unspecified atom stereocenters. The Morgan fingerprint density at radius 1 is 1.00 bits per heavy atom. The number of benzene rings is 2. The topological polar surface area (TPSA) is 101 Å². The van der Waals surface area contributed by atoms with Crippen molar-refractivity contribution in [2.45, 2.75) is 5.92 Å². The van der Waals surface area contributed by atoms with Gasteiger partial charge in [-0.25, -0.2) is 18.4 Å². The van der Waals surface area contributed by atoms with Crippen molar-refractivity contribution < 1.29 is 27.8 Å². The molecule has 0 radical (unpaired) electrons. The summed E-state index contributed by atoms with van der Waals surface area (Å²) in [5.41, 5.74) is 4.52. The van der Waals surface area contributed by atoms with E-state index in [1.165, 1.54) is 30.3 Å². The van der Waals surface area contributed by atoms with E-state index in [0.29, 0.717) is 0 Å². The van der Waals surface area contributed by atoms with Gasteiger partial charge in [-0.2, -0.15) is 0 Å². The normalized spacial score (nSPS) is 15.7. The van der Waals surface area contributed by atoms with Gasteiger partial charge >= 0.3 is 11.9 Å². The second-order valence-corrected chi connectivity index (χ2v) is 9.30. The van der Waals surface area contributed by atoms with Crippen molar-refractivity contribution >= 4 is 63.9 Å². The van der Waals surface area contributed by atoms with E-state index in [2.05, 4.69) is 0 Å². The fourth-order valence-electron chi connectivity index (χ4n) is 3.92. The molecule has 1 aliphatic rings. The molecule has 0 saturated carbocycles. The van der Waals surface area contributed by atoms with Crippen LogP contribution < -0.4 is 20.5 Å². The van der Waals surface area contributed by atoms with Crippen LogP contribution in [-0.2, 0) is 19.1 Å². The quantitative estimate of drug-likeness (QED) is 0.499. The summed E-state index contributed by atoms with van der Waals surface area (Å²) in [4.78, 5) is 39.3. The molecule has 12 heteroatoms. The third kappa shape index (κ3) is 4.11. The maximum atomic E-state index is 15.1. The van der Waals surface area contributed by atoms with E-state index < -0.39 is 46.4 Å². The number of methoxy groups -OCH3 is 2. The van der Waals surface area contributed by atoms with Crippen LogP contribution in [0.4, 0.5) is 8.78 Å². The SMILES string of the molecule is COC(=O)C1=C(N)n2c(s/c(=C\c3c(F)cccc3Cl)c2=O)=C(C(=O)OC)[C@H]1c1c(F)cccc1Cl. The number of rotatable bonds is 4. The summed E-state index contributed by atoms with van der Waals surface area (Å²) >= 11 is 13.2. The van der Waals surface area contributed by atoms with Crippen LogP contribution in [0.2, 0.25) is 10.0 Å². The molecule has 2 aromatic carbocycles. The molecule has 3 aromatic rings. The molecule has 186 valence electrons. The first-order valence-corrected chi connectivity index (χ1v) is 11.7. The lowest BCUT2D eigenvalue weighted by atomic mass is 9.83. The van der Waals surface area contributed by atoms with Gasteiger partial charge in [0.1, 0.15) is 22.1 Å². The summed E-state index contributed by atoms with van der Waals surface area (Å²) < 4.78 is 40.1. The molecule has 1 aliphatic heterocycles. The van der Waals surface area contributed by atoms with Gasteiger partial charge in [0.2, 0.25) is 0 Å². The Morgan fingerprint density at radius 2 is 1.58 bits per heavy atom. The standard InChI is InChI=1S/C24H16Cl2F2N2O5S/c1-34-23(32)18-17(16-12(26)6-4-8-14(16)28)19(24(33)35-2)22-30(20(18)29)21(31)15(36-22)9-10-11(25)5-3-7-13(10)27/h3-9,17H,29H2,1-2H3/b15-9-/t17-/m0/s1. The Hall–Kier alpha value is -3.47. The predicted molar refractivity (Wildman–Crippen MR) is 132 cm³/mol. The minimum absolute atomic E-state index is 0.0396. The minimum atomic E-state index is -1.47. The molecule has 0 bridgehead atoms. The maximum Gasteiger partial charge on any atom is 0.338 e. The molecular weight excluding hydrogens is 537 g/mol. The van der Waals surface area contributed by atoms with Gasteiger partial charge in [-0.15, -0.1) is 11.3 Å². The number of nitrogens with zero attached hydrogens (tertiary/aromatic N) is 1. The van der Waals surface area contributed by atoms with Gasteiger partial charge in [-0.3, -0.25) is 9.36 Å². The van der Waals surface area contributed by atoms with Gasteiger partial charge in [0.15, 0.2) is 0 Å². The zero-order valence-electron chi connectivity index (χ0n) is 18.6. The number of aromatic nitrogens is 1. The van der Waals surface area contributed by atoms with E-state index in [1.807, 2.05) is 0 Å². The highest BCUT2D eigenvalue weighted by Gasteiger charge is 2.41. The first kappa shape index (κ1) is 25.6. The number of thiazole rings is 1. The van der Waals surface area contributed by atoms with Crippen LogP contribution in [0.3, 0.4) is 0 Å². The number of halogens is 4. The molecule has 7 nitrogen and oxygen atoms in total. The van der Waals surface area contributed by atoms with E-state index in [0.717, 1.165) is 42.3 Å². The van der Waals surface area contributed by atoms with Gasteiger partial charge in [0, 0.05) is 16.1 Å². The molecule has 4 rings (SSSR count). The van der Waals surface area contributed by atoms with Crippen LogP contribution in [-0.4, -0.2) is 30.7 Å². The van der Waals surface area contributed by atoms with Crippen molar-refractivity contribution in [3.05, 3.63) is 94.3 Å². The molecule has 0 aliphatic carbocycles. The lowest BCUT2D eigenvalue weighted by molar-refractivity contribution is -0.136. The highest BCUT2D eigenvalue weighted by molar-refractivity contribution is 7.07. The van der Waals surface area contributed by atoms with Gasteiger partial charge in [-0.1, -0.05) is 35.3 Å². The smallest absolute Gasteiger partial charge is 0.338 e. The number of fused-ring (bicyclic) bond motifs is 1. The van der Waals surface area contributed by atoms with Gasteiger partial charge < -0.3 is 15.2 Å². The zero-order chi connectivity index (χ0) is 26.3. The summed E-state index contributed by atoms with van der Waals surface area (Å²) in [6.07, 6.45) is 1.20. The number of nitrogens with two attached hydrogens (primary N) is 1. The van der Waals surface area contributed by atoms with Crippen molar-refractivity contribution in [2.24, 2.45) is 5.73 Å². The first-order valence-electron chi connectivity index (χ1n) is 10.1. The predicted octanol–water partition coefficient (Wildman–Crippen LogP) is 2.75. The Kier molecular flexibility index (Phi) is 7.03. The first-order chi connectivity index (χ1) is 17.1. The molecule has 0 spiro atoms. The largest absolute Gasteiger partial charge is 0.466 e. The second kappa shape index (κ2) is 9.88. The summed E-state index contributed by atoms with van der Waals surface area (Å²) in [7, 11) is 2.14. The number of carbonyl (C=O) groups excluding carboxylic acids is 2. The number of ether oxygens (including phenoxy) is 2. The third-order valence-corrected chi connectivity index (χ3v) is 7.29. The Bertz CT molecular complexity index is 1600. The van der Waals surface area contributed by atoms with Crippen LogP contribution in [0, 0.1) is 11.6 Å². The van der Waals surface area contributed by atoms with E-state index in [4.69, 9.17) is 38.4 Å². The van der Waals surface area contributed by atoms with Gasteiger partial charge in [-0.05, 0) is 30.3 Å². The summed E-state index contributed by atoms with van der Waals surface area (Å²) in [5, 5.41) is -0.0643.